The standard InChI is InChI=1S/C11H21NO/c1-12-9-10-4-7-13-11(8-10)5-2-3-6-11/h10,12H,2-9H2,1H3. The van der Waals surface area contributed by atoms with Gasteiger partial charge in [0.25, 0.3) is 0 Å². The Balaban J connectivity index is 1.90. The summed E-state index contributed by atoms with van der Waals surface area (Å²) in [6.45, 7) is 2.16. The van der Waals surface area contributed by atoms with E-state index in [2.05, 4.69) is 12.4 Å². The molecule has 1 spiro atoms. The summed E-state index contributed by atoms with van der Waals surface area (Å²) in [5.41, 5.74) is 0.305. The Kier molecular flexibility index (Phi) is 2.89. The highest BCUT2D eigenvalue weighted by molar-refractivity contribution is 4.91. The first-order chi connectivity index (χ1) is 6.35. The highest BCUT2D eigenvalue weighted by atomic mass is 16.5. The molecule has 13 heavy (non-hydrogen) atoms. The maximum atomic E-state index is 5.98. The van der Waals surface area contributed by atoms with Crippen LogP contribution >= 0.6 is 0 Å². The van der Waals surface area contributed by atoms with Crippen LogP contribution < -0.4 is 5.32 Å². The minimum atomic E-state index is 0.305. The third kappa shape index (κ3) is 2.05. The van der Waals surface area contributed by atoms with Crippen LogP contribution in [-0.4, -0.2) is 25.8 Å². The van der Waals surface area contributed by atoms with Crippen molar-refractivity contribution < 1.29 is 4.74 Å². The smallest absolute Gasteiger partial charge is 0.0685 e. The molecule has 76 valence electrons. The number of nitrogens with one attached hydrogen (secondary N) is 1. The third-order valence-electron chi connectivity index (χ3n) is 3.60. The van der Waals surface area contributed by atoms with Gasteiger partial charge in [-0.25, -0.2) is 0 Å². The largest absolute Gasteiger partial charge is 0.375 e. The molecule has 0 radical (unpaired) electrons. The van der Waals surface area contributed by atoms with Gasteiger partial charge in [0.05, 0.1) is 5.60 Å². The summed E-state index contributed by atoms with van der Waals surface area (Å²) in [5, 5.41) is 3.29. The minimum absolute atomic E-state index is 0.305. The highest BCUT2D eigenvalue weighted by Crippen LogP contribution is 2.41. The minimum Gasteiger partial charge on any atom is -0.375 e. The molecule has 1 atom stereocenters. The molecule has 2 fully saturated rings. The molecule has 1 saturated heterocycles. The first kappa shape index (κ1) is 9.47. The van der Waals surface area contributed by atoms with Crippen molar-refractivity contribution in [3.63, 3.8) is 0 Å². The van der Waals surface area contributed by atoms with E-state index < -0.39 is 0 Å². The van der Waals surface area contributed by atoms with Crippen LogP contribution in [0.15, 0.2) is 0 Å². The fourth-order valence-corrected chi connectivity index (χ4v) is 2.96. The predicted molar refractivity (Wildman–Crippen MR) is 53.8 cm³/mol. The van der Waals surface area contributed by atoms with Crippen LogP contribution in [0, 0.1) is 5.92 Å². The lowest BCUT2D eigenvalue weighted by Gasteiger charge is -2.38. The zero-order valence-corrected chi connectivity index (χ0v) is 8.64. The molecule has 0 bridgehead atoms. The van der Waals surface area contributed by atoms with Crippen molar-refractivity contribution in [1.82, 2.24) is 5.32 Å². The van der Waals surface area contributed by atoms with Gasteiger partial charge in [0.15, 0.2) is 0 Å². The number of hydrogen-bond donors (Lipinski definition) is 1. The lowest BCUT2D eigenvalue weighted by atomic mass is 9.84. The normalized spacial score (nSPS) is 32.5. The molecule has 1 aliphatic carbocycles. The van der Waals surface area contributed by atoms with Crippen LogP contribution in [0.4, 0.5) is 0 Å². The second-order valence-corrected chi connectivity index (χ2v) is 4.66. The Hall–Kier alpha value is -0.0800. The molecule has 1 N–H and O–H groups in total. The maximum absolute atomic E-state index is 5.98. The Morgan fingerprint density at radius 2 is 2.15 bits per heavy atom. The van der Waals surface area contributed by atoms with Crippen LogP contribution in [0.5, 0.6) is 0 Å². The SMILES string of the molecule is CNCC1CCOC2(CCCC2)C1. The summed E-state index contributed by atoms with van der Waals surface area (Å²) < 4.78 is 5.98. The van der Waals surface area contributed by atoms with Gasteiger partial charge in [-0.05, 0) is 45.2 Å². The zero-order valence-electron chi connectivity index (χ0n) is 8.64. The van der Waals surface area contributed by atoms with Gasteiger partial charge in [-0.1, -0.05) is 12.8 Å². The van der Waals surface area contributed by atoms with E-state index in [1.54, 1.807) is 0 Å². The van der Waals surface area contributed by atoms with Gasteiger partial charge in [-0.2, -0.15) is 0 Å². The van der Waals surface area contributed by atoms with E-state index in [1.807, 2.05) is 0 Å². The molecular formula is C11H21NO. The van der Waals surface area contributed by atoms with Gasteiger partial charge in [-0.3, -0.25) is 0 Å². The molecule has 2 rings (SSSR count). The van der Waals surface area contributed by atoms with Gasteiger partial charge >= 0.3 is 0 Å². The fraction of sp³-hybridized carbons (Fsp3) is 1.00. The zero-order chi connectivity index (χ0) is 9.15. The van der Waals surface area contributed by atoms with Crippen molar-refractivity contribution >= 4 is 0 Å². The molecule has 1 heterocycles. The van der Waals surface area contributed by atoms with Crippen molar-refractivity contribution in [3.8, 4) is 0 Å². The summed E-state index contributed by atoms with van der Waals surface area (Å²) >= 11 is 0. The lowest BCUT2D eigenvalue weighted by Crippen LogP contribution is -2.39. The molecule has 0 aromatic heterocycles. The molecule has 0 aromatic carbocycles. The monoisotopic (exact) mass is 183 g/mol. The Morgan fingerprint density at radius 1 is 1.38 bits per heavy atom. The first-order valence-corrected chi connectivity index (χ1v) is 5.63. The van der Waals surface area contributed by atoms with E-state index in [0.717, 1.165) is 12.5 Å². The van der Waals surface area contributed by atoms with Gasteiger partial charge in [-0.15, -0.1) is 0 Å². The van der Waals surface area contributed by atoms with Crippen LogP contribution in [0.1, 0.15) is 38.5 Å². The molecule has 0 amide bonds. The van der Waals surface area contributed by atoms with E-state index in [-0.39, 0.29) is 0 Å². The average molecular weight is 183 g/mol. The molecular weight excluding hydrogens is 162 g/mol. The molecule has 2 aliphatic rings. The fourth-order valence-electron chi connectivity index (χ4n) is 2.96. The molecule has 1 aliphatic heterocycles. The van der Waals surface area contributed by atoms with Crippen molar-refractivity contribution in [3.05, 3.63) is 0 Å². The molecule has 1 saturated carbocycles. The van der Waals surface area contributed by atoms with Crippen LogP contribution in [0.3, 0.4) is 0 Å². The van der Waals surface area contributed by atoms with E-state index in [4.69, 9.17) is 4.74 Å². The van der Waals surface area contributed by atoms with Gasteiger partial charge in [0, 0.05) is 6.61 Å². The van der Waals surface area contributed by atoms with Crippen LogP contribution in [-0.2, 0) is 4.74 Å². The first-order valence-electron chi connectivity index (χ1n) is 5.63. The molecule has 1 unspecified atom stereocenters. The summed E-state index contributed by atoms with van der Waals surface area (Å²) in [6.07, 6.45) is 7.94. The second kappa shape index (κ2) is 3.97. The Bertz CT molecular complexity index is 161. The van der Waals surface area contributed by atoms with E-state index in [9.17, 15) is 0 Å². The Labute approximate surface area is 81.0 Å². The average Bonchev–Trinajstić information content (AvgIpc) is 2.54. The van der Waals surface area contributed by atoms with Crippen molar-refractivity contribution in [2.75, 3.05) is 20.2 Å². The van der Waals surface area contributed by atoms with Crippen LogP contribution in [0.2, 0.25) is 0 Å². The van der Waals surface area contributed by atoms with Gasteiger partial charge in [0.1, 0.15) is 0 Å². The maximum Gasteiger partial charge on any atom is 0.0685 e. The molecule has 0 aromatic rings. The molecule has 2 heteroatoms. The lowest BCUT2D eigenvalue weighted by molar-refractivity contribution is -0.0918. The molecule has 2 nitrogen and oxygen atoms in total. The summed E-state index contributed by atoms with van der Waals surface area (Å²) in [7, 11) is 2.05. The number of hydrogen-bond acceptors (Lipinski definition) is 2. The number of rotatable bonds is 2. The second-order valence-electron chi connectivity index (χ2n) is 4.66. The number of ether oxygens (including phenoxy) is 1. The predicted octanol–water partition coefficient (Wildman–Crippen LogP) is 1.95. The van der Waals surface area contributed by atoms with Gasteiger partial charge in [0.2, 0.25) is 0 Å². The van der Waals surface area contributed by atoms with E-state index >= 15 is 0 Å². The van der Waals surface area contributed by atoms with E-state index in [0.29, 0.717) is 5.60 Å². The van der Waals surface area contributed by atoms with Crippen molar-refractivity contribution in [2.45, 2.75) is 44.1 Å². The Morgan fingerprint density at radius 3 is 2.85 bits per heavy atom. The third-order valence-corrected chi connectivity index (χ3v) is 3.60. The summed E-state index contributed by atoms with van der Waals surface area (Å²) in [5.74, 6) is 0.858. The van der Waals surface area contributed by atoms with Gasteiger partial charge < -0.3 is 10.1 Å². The van der Waals surface area contributed by atoms with Crippen molar-refractivity contribution in [2.24, 2.45) is 5.92 Å². The van der Waals surface area contributed by atoms with E-state index in [1.165, 1.54) is 45.1 Å². The van der Waals surface area contributed by atoms with Crippen LogP contribution in [0.25, 0.3) is 0 Å². The topological polar surface area (TPSA) is 21.3 Å². The summed E-state index contributed by atoms with van der Waals surface area (Å²) in [6, 6.07) is 0. The quantitative estimate of drug-likeness (QED) is 0.706. The highest BCUT2D eigenvalue weighted by Gasteiger charge is 2.39. The van der Waals surface area contributed by atoms with Crippen molar-refractivity contribution in [1.29, 1.82) is 0 Å². The summed E-state index contributed by atoms with van der Waals surface area (Å²) in [4.78, 5) is 0.